The van der Waals surface area contributed by atoms with Crippen LogP contribution in [0.25, 0.3) is 0 Å². The minimum absolute atomic E-state index is 0. The van der Waals surface area contributed by atoms with E-state index in [9.17, 15) is 32.8 Å². The van der Waals surface area contributed by atoms with Crippen molar-refractivity contribution in [3.05, 3.63) is 0 Å². The molecular weight excluding hydrogens is 376 g/mol. The molecule has 0 saturated heterocycles. The van der Waals surface area contributed by atoms with Crippen LogP contribution in [0, 0.1) is 5.92 Å². The Balaban J connectivity index is 0. The van der Waals surface area contributed by atoms with Gasteiger partial charge in [-0.25, -0.2) is 0 Å². The van der Waals surface area contributed by atoms with Gasteiger partial charge in [-0.05, 0) is 12.8 Å². The second-order valence-corrected chi connectivity index (χ2v) is 7.81. The van der Waals surface area contributed by atoms with Crippen LogP contribution in [0.15, 0.2) is 0 Å². The second-order valence-electron chi connectivity index (χ2n) is 6.17. The molecule has 2 unspecified atom stereocenters. The number of carbonyl (C=O) groups excluding carboxylic acids is 2. The van der Waals surface area contributed by atoms with Crippen LogP contribution in [0.3, 0.4) is 0 Å². The van der Waals surface area contributed by atoms with Crippen LogP contribution in [0.4, 0.5) is 0 Å². The zero-order valence-electron chi connectivity index (χ0n) is 14.9. The fourth-order valence-electron chi connectivity index (χ4n) is 2.76. The molecule has 0 heterocycles. The van der Waals surface area contributed by atoms with Crippen molar-refractivity contribution in [1.82, 2.24) is 0 Å². The average molecular weight is 405 g/mol. The van der Waals surface area contributed by atoms with E-state index in [1.807, 2.05) is 0 Å². The number of hydrogen-bond donors (Lipinski definition) is 1. The SMILES string of the molecule is CCCCCCCCCCCC(C(CC(=O)[O-])C(=O)[O-])S(=O)(=O)O.[Ca+2]. The van der Waals surface area contributed by atoms with E-state index in [1.54, 1.807) is 0 Å². The van der Waals surface area contributed by atoms with Crippen molar-refractivity contribution in [2.24, 2.45) is 5.92 Å². The molecule has 0 aliphatic heterocycles. The van der Waals surface area contributed by atoms with Crippen molar-refractivity contribution in [1.29, 1.82) is 0 Å². The van der Waals surface area contributed by atoms with Gasteiger partial charge in [0.1, 0.15) is 0 Å². The Bertz CT molecular complexity index is 479. The first kappa shape index (κ1) is 27.3. The van der Waals surface area contributed by atoms with E-state index < -0.39 is 39.6 Å². The van der Waals surface area contributed by atoms with Crippen molar-refractivity contribution >= 4 is 59.8 Å². The predicted molar refractivity (Wildman–Crippen MR) is 91.1 cm³/mol. The summed E-state index contributed by atoms with van der Waals surface area (Å²) in [6.07, 6.45) is 7.78. The third kappa shape index (κ3) is 13.9. The Morgan fingerprint density at radius 2 is 1.36 bits per heavy atom. The van der Waals surface area contributed by atoms with Gasteiger partial charge in [-0.15, -0.1) is 0 Å². The largest absolute Gasteiger partial charge is 2.00 e. The molecule has 0 aromatic carbocycles. The van der Waals surface area contributed by atoms with Crippen molar-refractivity contribution in [2.75, 3.05) is 0 Å². The summed E-state index contributed by atoms with van der Waals surface area (Å²) < 4.78 is 32.0. The van der Waals surface area contributed by atoms with Crippen LogP contribution >= 0.6 is 0 Å². The fourth-order valence-corrected chi connectivity index (χ4v) is 3.85. The molecule has 0 radical (unpaired) electrons. The van der Waals surface area contributed by atoms with E-state index >= 15 is 0 Å². The zero-order chi connectivity index (χ0) is 18.6. The number of unbranched alkanes of at least 4 members (excludes halogenated alkanes) is 8. The molecular formula is C16H28CaO7S. The number of carboxylic acid groups (broad SMARTS) is 2. The maximum absolute atomic E-state index is 11.4. The first-order valence-corrected chi connectivity index (χ1v) is 10.1. The number of hydrogen-bond acceptors (Lipinski definition) is 6. The third-order valence-corrected chi connectivity index (χ3v) is 5.44. The van der Waals surface area contributed by atoms with E-state index in [2.05, 4.69) is 6.92 Å². The molecule has 7 nitrogen and oxygen atoms in total. The van der Waals surface area contributed by atoms with Gasteiger partial charge < -0.3 is 19.8 Å². The van der Waals surface area contributed by atoms with Crippen LogP contribution < -0.4 is 10.2 Å². The van der Waals surface area contributed by atoms with E-state index in [-0.39, 0.29) is 44.2 Å². The maximum Gasteiger partial charge on any atom is 2.00 e. The first-order valence-electron chi connectivity index (χ1n) is 8.57. The Morgan fingerprint density at radius 1 is 0.920 bits per heavy atom. The van der Waals surface area contributed by atoms with E-state index in [4.69, 9.17) is 0 Å². The summed E-state index contributed by atoms with van der Waals surface area (Å²) in [5, 5.41) is 19.9. The van der Waals surface area contributed by atoms with E-state index in [1.165, 1.54) is 25.7 Å². The van der Waals surface area contributed by atoms with Crippen LogP contribution in [-0.4, -0.2) is 67.9 Å². The van der Waals surface area contributed by atoms with Gasteiger partial charge in [0.05, 0.1) is 5.25 Å². The van der Waals surface area contributed by atoms with Crippen molar-refractivity contribution in [2.45, 2.75) is 82.8 Å². The molecule has 0 aliphatic rings. The van der Waals surface area contributed by atoms with E-state index in [0.29, 0.717) is 12.8 Å². The standard InChI is InChI=1S/C16H30O7S.Ca/c1-2-3-4-5-6-7-8-9-10-11-14(24(21,22)23)13(16(19)20)12-15(17)18;/h13-14H,2-12H2,1H3,(H,17,18)(H,19,20)(H,21,22,23);/q;+2/p-2. The molecule has 0 rings (SSSR count). The number of carbonyl (C=O) groups is 2. The smallest absolute Gasteiger partial charge is 0.550 e. The summed E-state index contributed by atoms with van der Waals surface area (Å²) >= 11 is 0. The number of aliphatic carboxylic acids is 2. The summed E-state index contributed by atoms with van der Waals surface area (Å²) in [5.74, 6) is -5.30. The van der Waals surface area contributed by atoms with Crippen molar-refractivity contribution in [3.8, 4) is 0 Å². The summed E-state index contributed by atoms with van der Waals surface area (Å²) in [5.41, 5.74) is 0. The van der Waals surface area contributed by atoms with Crippen molar-refractivity contribution in [3.63, 3.8) is 0 Å². The second kappa shape index (κ2) is 15.2. The molecule has 2 atom stereocenters. The zero-order valence-corrected chi connectivity index (χ0v) is 18.0. The van der Waals surface area contributed by atoms with Crippen molar-refractivity contribution < 1.29 is 32.8 Å². The summed E-state index contributed by atoms with van der Waals surface area (Å²) in [6, 6.07) is 0. The summed E-state index contributed by atoms with van der Waals surface area (Å²) in [7, 11) is -4.67. The third-order valence-electron chi connectivity index (χ3n) is 4.11. The van der Waals surface area contributed by atoms with Crippen LogP contribution in [0.2, 0.25) is 0 Å². The van der Waals surface area contributed by atoms with Gasteiger partial charge in [0, 0.05) is 17.9 Å². The van der Waals surface area contributed by atoms with Gasteiger partial charge >= 0.3 is 37.7 Å². The molecule has 0 amide bonds. The first-order chi connectivity index (χ1) is 11.2. The molecule has 1 N–H and O–H groups in total. The van der Waals surface area contributed by atoms with Gasteiger partial charge in [-0.3, -0.25) is 4.55 Å². The fraction of sp³-hybridized carbons (Fsp3) is 0.875. The monoisotopic (exact) mass is 404 g/mol. The van der Waals surface area contributed by atoms with Gasteiger partial charge in [0.25, 0.3) is 10.1 Å². The van der Waals surface area contributed by atoms with Gasteiger partial charge in [-0.2, -0.15) is 8.42 Å². The molecule has 0 aromatic rings. The Morgan fingerprint density at radius 3 is 1.72 bits per heavy atom. The molecule has 0 bridgehead atoms. The Labute approximate surface area is 180 Å². The minimum atomic E-state index is -4.67. The van der Waals surface area contributed by atoms with E-state index in [0.717, 1.165) is 19.3 Å². The van der Waals surface area contributed by atoms with Gasteiger partial charge in [-0.1, -0.05) is 64.7 Å². The summed E-state index contributed by atoms with van der Waals surface area (Å²) in [4.78, 5) is 21.6. The summed E-state index contributed by atoms with van der Waals surface area (Å²) in [6.45, 7) is 2.14. The molecule has 0 aromatic heterocycles. The van der Waals surface area contributed by atoms with Gasteiger partial charge in [0.2, 0.25) is 0 Å². The Hall–Kier alpha value is 0.110. The minimum Gasteiger partial charge on any atom is -0.550 e. The predicted octanol–water partition coefficient (Wildman–Crippen LogP) is 0.289. The molecule has 0 fully saturated rings. The Kier molecular flexibility index (Phi) is 16.6. The quantitative estimate of drug-likeness (QED) is 0.235. The topological polar surface area (TPSA) is 135 Å². The van der Waals surface area contributed by atoms with Crippen LogP contribution in [0.1, 0.15) is 77.6 Å². The van der Waals surface area contributed by atoms with Crippen LogP contribution in [-0.2, 0) is 19.7 Å². The number of rotatable bonds is 15. The number of carboxylic acids is 2. The molecule has 0 saturated carbocycles. The molecule has 25 heavy (non-hydrogen) atoms. The molecule has 142 valence electrons. The maximum atomic E-state index is 11.4. The van der Waals surface area contributed by atoms with Gasteiger partial charge in [0.15, 0.2) is 0 Å². The average Bonchev–Trinajstić information content (AvgIpc) is 2.45. The molecule has 0 spiro atoms. The van der Waals surface area contributed by atoms with Crippen LogP contribution in [0.5, 0.6) is 0 Å². The molecule has 0 aliphatic carbocycles. The normalized spacial score (nSPS) is 13.7. The molecule has 9 heteroatoms.